The average molecular weight is 618 g/mol. The van der Waals surface area contributed by atoms with Gasteiger partial charge in [-0.15, -0.1) is 0 Å². The maximum atomic E-state index is 13.0. The van der Waals surface area contributed by atoms with E-state index in [1.807, 2.05) is 19.1 Å². The molecule has 0 bridgehead atoms. The van der Waals surface area contributed by atoms with E-state index in [2.05, 4.69) is 21.2 Å². The summed E-state index contributed by atoms with van der Waals surface area (Å²) in [5.41, 5.74) is 15.0. The fourth-order valence-electron chi connectivity index (χ4n) is 5.29. The molecule has 2 amide bonds. The lowest BCUT2D eigenvalue weighted by Crippen LogP contribution is -2.47. The van der Waals surface area contributed by atoms with Crippen LogP contribution in [-0.4, -0.2) is 114 Å². The molecule has 1 heterocycles. The molecule has 7 N–H and O–H groups in total. The molecule has 12 nitrogen and oxygen atoms in total. The number of hydrazine groups is 1. The lowest BCUT2D eigenvalue weighted by atomic mass is 9.88. The van der Waals surface area contributed by atoms with Crippen LogP contribution in [0.25, 0.3) is 0 Å². The third-order valence-corrected chi connectivity index (χ3v) is 8.20. The van der Waals surface area contributed by atoms with Crippen molar-refractivity contribution >= 4 is 23.2 Å². The molecule has 0 spiro atoms. The smallest absolute Gasteiger partial charge is 0.244 e. The summed E-state index contributed by atoms with van der Waals surface area (Å²) >= 11 is 0. The minimum Gasteiger partial charge on any atom is -0.398 e. The Kier molecular flexibility index (Phi) is 16.7. The molecule has 1 saturated heterocycles. The number of nitrogens with two attached hydrogens (primary N) is 3. The van der Waals surface area contributed by atoms with Gasteiger partial charge in [0.15, 0.2) is 0 Å². The van der Waals surface area contributed by atoms with E-state index in [9.17, 15) is 9.59 Å². The molecule has 1 aromatic rings. The number of aryl methyl sites for hydroxylation is 1. The van der Waals surface area contributed by atoms with Gasteiger partial charge >= 0.3 is 0 Å². The number of nitrogens with zero attached hydrogens (tertiary/aromatic N) is 3. The standard InChI is InChI=1S/C32H55N7O5/c1-26-4-9-29(24-30(26)34)39(35)32(41)28-7-5-27(6-8-28)25-38-16-14-37(15-17-38)13-10-31(40)36-12-3-19-43-21-23-44-22-20-42-18-2-11-33/h4-5,9,24,28H,2-3,6-8,10-23,25,33-35H2,1H3,(H,36,40). The molecule has 0 saturated carbocycles. The van der Waals surface area contributed by atoms with Crippen molar-refractivity contribution in [2.24, 2.45) is 17.5 Å². The monoisotopic (exact) mass is 617 g/mol. The van der Waals surface area contributed by atoms with Gasteiger partial charge in [0.1, 0.15) is 0 Å². The molecule has 0 aromatic heterocycles. The Balaban J connectivity index is 1.19. The highest BCUT2D eigenvalue weighted by Gasteiger charge is 2.27. The minimum absolute atomic E-state index is 0.0628. The van der Waals surface area contributed by atoms with E-state index < -0.39 is 0 Å². The van der Waals surface area contributed by atoms with Gasteiger partial charge in [0.05, 0.1) is 32.1 Å². The Labute approximate surface area is 263 Å². The van der Waals surface area contributed by atoms with Crippen molar-refractivity contribution in [3.05, 3.63) is 35.4 Å². The van der Waals surface area contributed by atoms with E-state index in [4.69, 9.17) is 31.5 Å². The predicted molar refractivity (Wildman–Crippen MR) is 174 cm³/mol. The first-order chi connectivity index (χ1) is 21.4. The van der Waals surface area contributed by atoms with E-state index in [1.165, 1.54) is 10.6 Å². The van der Waals surface area contributed by atoms with Crippen LogP contribution >= 0.6 is 0 Å². The summed E-state index contributed by atoms with van der Waals surface area (Å²) in [4.78, 5) is 30.1. The van der Waals surface area contributed by atoms with E-state index in [0.717, 1.165) is 70.5 Å². The number of nitrogens with one attached hydrogen (secondary N) is 1. The molecule has 1 aromatic carbocycles. The van der Waals surface area contributed by atoms with Gasteiger partial charge in [0.2, 0.25) is 11.8 Å². The number of allylic oxidation sites excluding steroid dienone is 1. The molecule has 248 valence electrons. The summed E-state index contributed by atoms with van der Waals surface area (Å²) in [6.45, 7) is 12.3. The second-order valence-corrected chi connectivity index (χ2v) is 11.6. The normalized spacial score (nSPS) is 17.8. The maximum Gasteiger partial charge on any atom is 0.244 e. The number of ether oxygens (including phenoxy) is 3. The van der Waals surface area contributed by atoms with Crippen LogP contribution in [0.2, 0.25) is 0 Å². The van der Waals surface area contributed by atoms with Gasteiger partial charge in [-0.05, 0) is 63.3 Å². The topological polar surface area (TPSA) is 162 Å². The molecule has 3 rings (SSSR count). The van der Waals surface area contributed by atoms with Crippen LogP contribution in [0.3, 0.4) is 0 Å². The first-order valence-corrected chi connectivity index (χ1v) is 16.1. The first-order valence-electron chi connectivity index (χ1n) is 16.1. The largest absolute Gasteiger partial charge is 0.398 e. The van der Waals surface area contributed by atoms with E-state index in [0.29, 0.717) is 76.9 Å². The van der Waals surface area contributed by atoms with Crippen LogP contribution in [0, 0.1) is 12.8 Å². The molecule has 12 heteroatoms. The number of anilines is 2. The van der Waals surface area contributed by atoms with Gasteiger partial charge < -0.3 is 35.9 Å². The molecule has 2 aliphatic rings. The summed E-state index contributed by atoms with van der Waals surface area (Å²) in [6, 6.07) is 5.47. The van der Waals surface area contributed by atoms with Gasteiger partial charge in [-0.3, -0.25) is 14.5 Å². The quantitative estimate of drug-likeness (QED) is 0.0421. The number of piperazine rings is 1. The third kappa shape index (κ3) is 13.2. The zero-order valence-corrected chi connectivity index (χ0v) is 26.6. The van der Waals surface area contributed by atoms with Crippen LogP contribution in [0.5, 0.6) is 0 Å². The van der Waals surface area contributed by atoms with Crippen molar-refractivity contribution in [3.8, 4) is 0 Å². The molecule has 1 unspecified atom stereocenters. The van der Waals surface area contributed by atoms with Crippen molar-refractivity contribution < 1.29 is 23.8 Å². The van der Waals surface area contributed by atoms with Gasteiger partial charge in [-0.2, -0.15) is 0 Å². The third-order valence-electron chi connectivity index (χ3n) is 8.20. The number of rotatable bonds is 20. The first kappa shape index (κ1) is 35.9. The lowest BCUT2D eigenvalue weighted by Gasteiger charge is -2.36. The number of nitrogen functional groups attached to an aromatic ring is 1. The lowest BCUT2D eigenvalue weighted by molar-refractivity contribution is -0.123. The van der Waals surface area contributed by atoms with Gasteiger partial charge in [0.25, 0.3) is 0 Å². The number of hydrogen-bond donors (Lipinski definition) is 4. The van der Waals surface area contributed by atoms with Crippen LogP contribution in [0.4, 0.5) is 11.4 Å². The molecule has 44 heavy (non-hydrogen) atoms. The Morgan fingerprint density at radius 3 is 2.27 bits per heavy atom. The van der Waals surface area contributed by atoms with Crippen LogP contribution in [0.1, 0.15) is 44.1 Å². The highest BCUT2D eigenvalue weighted by atomic mass is 16.5. The van der Waals surface area contributed by atoms with Crippen molar-refractivity contribution in [1.29, 1.82) is 0 Å². The summed E-state index contributed by atoms with van der Waals surface area (Å²) in [6.07, 6.45) is 6.81. The summed E-state index contributed by atoms with van der Waals surface area (Å²) in [5.74, 6) is 6.07. The fraction of sp³-hybridized carbons (Fsp3) is 0.688. The maximum absolute atomic E-state index is 13.0. The molecular weight excluding hydrogens is 562 g/mol. The predicted octanol–water partition coefficient (Wildman–Crippen LogP) is 1.42. The molecule has 1 atom stereocenters. The Morgan fingerprint density at radius 1 is 0.977 bits per heavy atom. The molecule has 1 aliphatic heterocycles. The van der Waals surface area contributed by atoms with Crippen molar-refractivity contribution in [1.82, 2.24) is 15.1 Å². The van der Waals surface area contributed by atoms with Crippen molar-refractivity contribution in [2.75, 3.05) is 103 Å². The van der Waals surface area contributed by atoms with E-state index in [-0.39, 0.29) is 17.7 Å². The Hall–Kier alpha value is -2.58. The zero-order chi connectivity index (χ0) is 31.6. The number of carbonyl (C=O) groups excluding carboxylic acids is 2. The van der Waals surface area contributed by atoms with Crippen molar-refractivity contribution in [3.63, 3.8) is 0 Å². The Bertz CT molecular complexity index is 1030. The number of amides is 2. The summed E-state index contributed by atoms with van der Waals surface area (Å²) < 4.78 is 16.4. The van der Waals surface area contributed by atoms with E-state index in [1.54, 1.807) is 6.07 Å². The average Bonchev–Trinajstić information content (AvgIpc) is 3.04. The SMILES string of the molecule is Cc1ccc(N(N)C(=O)C2CC=C(CN3CCN(CCC(=O)NCCCOCCOCCOCCCN)CC3)CC2)cc1N. The van der Waals surface area contributed by atoms with Gasteiger partial charge in [-0.1, -0.05) is 17.7 Å². The zero-order valence-electron chi connectivity index (χ0n) is 26.6. The Morgan fingerprint density at radius 2 is 1.64 bits per heavy atom. The minimum atomic E-state index is -0.107. The second-order valence-electron chi connectivity index (χ2n) is 11.6. The highest BCUT2D eigenvalue weighted by Crippen LogP contribution is 2.28. The second kappa shape index (κ2) is 20.5. The molecular formula is C32H55N7O5. The van der Waals surface area contributed by atoms with E-state index >= 15 is 0 Å². The van der Waals surface area contributed by atoms with Gasteiger partial charge in [-0.25, -0.2) is 10.9 Å². The number of carbonyl (C=O) groups is 2. The van der Waals surface area contributed by atoms with Crippen LogP contribution < -0.4 is 27.6 Å². The number of benzene rings is 1. The van der Waals surface area contributed by atoms with Crippen molar-refractivity contribution in [2.45, 2.75) is 45.4 Å². The van der Waals surface area contributed by atoms with Gasteiger partial charge in [0, 0.05) is 77.1 Å². The summed E-state index contributed by atoms with van der Waals surface area (Å²) in [5, 5.41) is 4.24. The number of hydrogen-bond acceptors (Lipinski definition) is 10. The summed E-state index contributed by atoms with van der Waals surface area (Å²) in [7, 11) is 0. The fourth-order valence-corrected chi connectivity index (χ4v) is 5.29. The van der Waals surface area contributed by atoms with Crippen LogP contribution in [-0.2, 0) is 23.8 Å². The molecule has 1 fully saturated rings. The van der Waals surface area contributed by atoms with Crippen LogP contribution in [0.15, 0.2) is 29.8 Å². The highest BCUT2D eigenvalue weighted by molar-refractivity contribution is 5.94. The molecule has 0 radical (unpaired) electrons. The molecule has 1 aliphatic carbocycles.